The van der Waals surface area contributed by atoms with Gasteiger partial charge in [-0.1, -0.05) is 28.9 Å². The van der Waals surface area contributed by atoms with Crippen molar-refractivity contribution >= 4 is 17.5 Å². The van der Waals surface area contributed by atoms with Crippen molar-refractivity contribution in [2.75, 3.05) is 13.7 Å². The first-order chi connectivity index (χ1) is 14.9. The maximum Gasteiger partial charge on any atom is 0.232 e. The first kappa shape index (κ1) is 21.2. The van der Waals surface area contributed by atoms with Crippen LogP contribution in [0.2, 0.25) is 5.02 Å². The highest BCUT2D eigenvalue weighted by Crippen LogP contribution is 2.34. The van der Waals surface area contributed by atoms with Crippen LogP contribution in [0, 0.1) is 0 Å². The zero-order valence-corrected chi connectivity index (χ0v) is 18.4. The molecule has 2 aromatic carbocycles. The lowest BCUT2D eigenvalue weighted by Crippen LogP contribution is -2.24. The predicted molar refractivity (Wildman–Crippen MR) is 116 cm³/mol. The van der Waals surface area contributed by atoms with Crippen LogP contribution in [0.3, 0.4) is 0 Å². The van der Waals surface area contributed by atoms with E-state index in [2.05, 4.69) is 10.1 Å². The molecule has 1 aliphatic rings. The predicted octanol–water partition coefficient (Wildman–Crippen LogP) is 4.70. The van der Waals surface area contributed by atoms with E-state index in [1.807, 2.05) is 56.3 Å². The minimum Gasteiger partial charge on any atom is -0.493 e. The summed E-state index contributed by atoms with van der Waals surface area (Å²) in [5, 5.41) is 4.77. The van der Waals surface area contributed by atoms with Crippen molar-refractivity contribution in [1.82, 2.24) is 15.0 Å². The number of aromatic nitrogens is 2. The lowest BCUT2D eigenvalue weighted by atomic mass is 10.1. The third-order valence-corrected chi connectivity index (χ3v) is 5.29. The normalized spacial score (nSPS) is 16.2. The Bertz CT molecular complexity index is 1080. The van der Waals surface area contributed by atoms with Crippen molar-refractivity contribution in [3.05, 3.63) is 58.9 Å². The molecule has 2 heterocycles. The summed E-state index contributed by atoms with van der Waals surface area (Å²) in [6, 6.07) is 13.0. The standard InChI is InChI=1S/C23H24ClN3O4/c1-14(2)30-19-8-7-16(10-20(19)29-3)22-25-23(31-26-22)17-11-21(28)27(13-17)12-15-5-4-6-18(24)9-15/h4-10,14,17H,11-13H2,1-3H3. The minimum atomic E-state index is -0.140. The van der Waals surface area contributed by atoms with Gasteiger partial charge in [0.25, 0.3) is 0 Å². The van der Waals surface area contributed by atoms with Crippen molar-refractivity contribution in [1.29, 1.82) is 0 Å². The molecule has 0 N–H and O–H groups in total. The summed E-state index contributed by atoms with van der Waals surface area (Å²) in [6.45, 7) is 4.94. The first-order valence-electron chi connectivity index (χ1n) is 10.1. The topological polar surface area (TPSA) is 77.7 Å². The van der Waals surface area contributed by atoms with Crippen LogP contribution in [0.4, 0.5) is 0 Å². The molecule has 1 aliphatic heterocycles. The number of hydrogen-bond donors (Lipinski definition) is 0. The summed E-state index contributed by atoms with van der Waals surface area (Å²) < 4.78 is 16.7. The summed E-state index contributed by atoms with van der Waals surface area (Å²) in [5.41, 5.74) is 1.74. The van der Waals surface area contributed by atoms with Crippen LogP contribution in [0.1, 0.15) is 37.6 Å². The van der Waals surface area contributed by atoms with Gasteiger partial charge in [0, 0.05) is 30.1 Å². The Morgan fingerprint density at radius 3 is 2.81 bits per heavy atom. The van der Waals surface area contributed by atoms with Crippen LogP contribution >= 0.6 is 11.6 Å². The molecule has 1 unspecified atom stereocenters. The SMILES string of the molecule is COc1cc(-c2noc(C3CC(=O)N(Cc4cccc(Cl)c4)C3)n2)ccc1OC(C)C. The van der Waals surface area contributed by atoms with Crippen LogP contribution in [-0.2, 0) is 11.3 Å². The highest BCUT2D eigenvalue weighted by molar-refractivity contribution is 6.30. The molecular weight excluding hydrogens is 418 g/mol. The molecule has 0 radical (unpaired) electrons. The van der Waals surface area contributed by atoms with Crippen molar-refractivity contribution < 1.29 is 18.8 Å². The van der Waals surface area contributed by atoms with Gasteiger partial charge in [0.2, 0.25) is 17.6 Å². The minimum absolute atomic E-state index is 0.0336. The van der Waals surface area contributed by atoms with Crippen LogP contribution in [-0.4, -0.2) is 40.7 Å². The van der Waals surface area contributed by atoms with Gasteiger partial charge in [0.15, 0.2) is 11.5 Å². The fourth-order valence-corrected chi connectivity index (χ4v) is 3.84. The molecule has 0 saturated carbocycles. The Morgan fingerprint density at radius 2 is 2.06 bits per heavy atom. The number of halogens is 1. The summed E-state index contributed by atoms with van der Waals surface area (Å²) >= 11 is 6.05. The number of likely N-dealkylation sites (tertiary alicyclic amines) is 1. The molecule has 7 nitrogen and oxygen atoms in total. The van der Waals surface area contributed by atoms with Crippen molar-refractivity contribution in [3.8, 4) is 22.9 Å². The van der Waals surface area contributed by atoms with E-state index in [9.17, 15) is 4.79 Å². The van der Waals surface area contributed by atoms with E-state index >= 15 is 0 Å². The largest absolute Gasteiger partial charge is 0.493 e. The Balaban J connectivity index is 1.48. The third-order valence-electron chi connectivity index (χ3n) is 5.05. The van der Waals surface area contributed by atoms with Gasteiger partial charge in [-0.3, -0.25) is 4.79 Å². The Morgan fingerprint density at radius 1 is 1.23 bits per heavy atom. The second kappa shape index (κ2) is 8.98. The van der Waals surface area contributed by atoms with Gasteiger partial charge in [0.1, 0.15) is 0 Å². The molecule has 0 spiro atoms. The van der Waals surface area contributed by atoms with Gasteiger partial charge in [-0.05, 0) is 49.7 Å². The Hall–Kier alpha value is -3.06. The maximum absolute atomic E-state index is 12.5. The fraction of sp³-hybridized carbons (Fsp3) is 0.348. The van der Waals surface area contributed by atoms with E-state index in [0.29, 0.717) is 47.7 Å². The number of rotatable bonds is 7. The quantitative estimate of drug-likeness (QED) is 0.528. The van der Waals surface area contributed by atoms with Crippen molar-refractivity contribution in [2.45, 2.75) is 38.8 Å². The monoisotopic (exact) mass is 441 g/mol. The molecule has 1 aromatic heterocycles. The summed E-state index contributed by atoms with van der Waals surface area (Å²) in [4.78, 5) is 18.8. The molecule has 1 saturated heterocycles. The van der Waals surface area contributed by atoms with Gasteiger partial charge in [-0.2, -0.15) is 4.98 Å². The number of carbonyl (C=O) groups excluding carboxylic acids is 1. The molecule has 1 atom stereocenters. The lowest BCUT2D eigenvalue weighted by Gasteiger charge is -2.16. The van der Waals surface area contributed by atoms with Gasteiger partial charge in [-0.15, -0.1) is 0 Å². The van der Waals surface area contributed by atoms with E-state index in [-0.39, 0.29) is 17.9 Å². The molecule has 0 aliphatic carbocycles. The number of carbonyl (C=O) groups is 1. The smallest absolute Gasteiger partial charge is 0.232 e. The molecule has 162 valence electrons. The van der Waals surface area contributed by atoms with E-state index < -0.39 is 0 Å². The summed E-state index contributed by atoms with van der Waals surface area (Å²) in [7, 11) is 1.59. The zero-order valence-electron chi connectivity index (χ0n) is 17.7. The maximum atomic E-state index is 12.5. The molecule has 8 heteroatoms. The molecule has 1 fully saturated rings. The number of nitrogens with zero attached hydrogens (tertiary/aromatic N) is 3. The fourth-order valence-electron chi connectivity index (χ4n) is 3.62. The van der Waals surface area contributed by atoms with Crippen LogP contribution < -0.4 is 9.47 Å². The molecule has 4 rings (SSSR count). The van der Waals surface area contributed by atoms with Crippen LogP contribution in [0.15, 0.2) is 47.0 Å². The van der Waals surface area contributed by atoms with E-state index in [1.165, 1.54) is 0 Å². The van der Waals surface area contributed by atoms with Crippen molar-refractivity contribution in [2.24, 2.45) is 0 Å². The summed E-state index contributed by atoms with van der Waals surface area (Å²) in [5.74, 6) is 2.08. The van der Waals surface area contributed by atoms with Crippen LogP contribution in [0.5, 0.6) is 11.5 Å². The number of hydrogen-bond acceptors (Lipinski definition) is 6. The lowest BCUT2D eigenvalue weighted by molar-refractivity contribution is -0.128. The highest BCUT2D eigenvalue weighted by Gasteiger charge is 2.34. The van der Waals surface area contributed by atoms with Gasteiger partial charge in [-0.25, -0.2) is 0 Å². The average molecular weight is 442 g/mol. The van der Waals surface area contributed by atoms with Gasteiger partial charge in [0.05, 0.1) is 19.1 Å². The Kier molecular flexibility index (Phi) is 6.13. The third kappa shape index (κ3) is 4.82. The molecule has 3 aromatic rings. The van der Waals surface area contributed by atoms with Gasteiger partial charge < -0.3 is 18.9 Å². The molecule has 1 amide bonds. The number of ether oxygens (including phenoxy) is 2. The van der Waals surface area contributed by atoms with E-state index in [0.717, 1.165) is 11.1 Å². The molecule has 0 bridgehead atoms. The summed E-state index contributed by atoms with van der Waals surface area (Å²) in [6.07, 6.45) is 0.374. The second-order valence-corrected chi connectivity index (χ2v) is 8.23. The highest BCUT2D eigenvalue weighted by atomic mass is 35.5. The molecule has 31 heavy (non-hydrogen) atoms. The van der Waals surface area contributed by atoms with E-state index in [4.69, 9.17) is 25.6 Å². The first-order valence-corrected chi connectivity index (χ1v) is 10.5. The van der Waals surface area contributed by atoms with E-state index in [1.54, 1.807) is 12.0 Å². The second-order valence-electron chi connectivity index (χ2n) is 7.79. The number of methoxy groups -OCH3 is 1. The average Bonchev–Trinajstić information content (AvgIpc) is 3.35. The molecular formula is C23H24ClN3O4. The van der Waals surface area contributed by atoms with Gasteiger partial charge >= 0.3 is 0 Å². The number of benzene rings is 2. The number of amides is 1. The Labute approximate surface area is 185 Å². The zero-order chi connectivity index (χ0) is 22.0. The van der Waals surface area contributed by atoms with Crippen LogP contribution in [0.25, 0.3) is 11.4 Å². The van der Waals surface area contributed by atoms with Crippen molar-refractivity contribution in [3.63, 3.8) is 0 Å².